The molecule has 0 saturated carbocycles. The van der Waals surface area contributed by atoms with Gasteiger partial charge in [0.15, 0.2) is 11.5 Å². The molecule has 3 aromatic carbocycles. The number of imide groups is 2. The number of aromatic nitrogens is 1. The molecule has 4 aromatic rings. The number of amides is 6. The first-order valence-electron chi connectivity index (χ1n) is 20.1. The first-order chi connectivity index (χ1) is 30.1. The van der Waals surface area contributed by atoms with Gasteiger partial charge in [0.2, 0.25) is 30.4 Å². The van der Waals surface area contributed by atoms with Crippen LogP contribution in [-0.4, -0.2) is 116 Å². The van der Waals surface area contributed by atoms with E-state index in [1.165, 1.54) is 6.07 Å². The maximum atomic E-state index is 13.2. The second-order valence-corrected chi connectivity index (χ2v) is 14.9. The Balaban J connectivity index is 0.744. The molecule has 2 unspecified atom stereocenters. The van der Waals surface area contributed by atoms with E-state index in [2.05, 4.69) is 26.3 Å². The number of hydrogen-bond acceptors (Lipinski definition) is 14. The number of halogens is 1. The van der Waals surface area contributed by atoms with Gasteiger partial charge in [-0.15, -0.1) is 0 Å². The molecule has 3 aliphatic heterocycles. The van der Waals surface area contributed by atoms with Crippen LogP contribution < -0.4 is 30.7 Å². The van der Waals surface area contributed by atoms with Crippen molar-refractivity contribution in [1.82, 2.24) is 25.8 Å². The van der Waals surface area contributed by atoms with Crippen molar-refractivity contribution in [3.8, 4) is 17.2 Å². The number of anilines is 1. The predicted molar refractivity (Wildman–Crippen MR) is 222 cm³/mol. The largest absolute Gasteiger partial charge is 0.505 e. The van der Waals surface area contributed by atoms with Crippen LogP contribution in [0.15, 0.2) is 60.8 Å². The minimum absolute atomic E-state index is 0.0429. The SMILES string of the molecule is O=C(CCOCCOCCOCCNc1cccc2c1C(=O)N(C1CCC(=O)NC1=O)C2=O)NCCCC(=O)NC(c1ccc2c(c1)OCO2)c1cc(Cl)c2cccnc2c1O. The number of aromatic hydroxyl groups is 1. The highest BCUT2D eigenvalue weighted by atomic mass is 35.5. The van der Waals surface area contributed by atoms with Crippen molar-refractivity contribution >= 4 is 63.6 Å². The Morgan fingerprint density at radius 2 is 1.66 bits per heavy atom. The van der Waals surface area contributed by atoms with Crippen LogP contribution in [0.1, 0.15) is 70.0 Å². The van der Waals surface area contributed by atoms with E-state index in [-0.39, 0.29) is 87.5 Å². The Morgan fingerprint density at radius 1 is 0.887 bits per heavy atom. The molecule has 0 aliphatic carbocycles. The van der Waals surface area contributed by atoms with Gasteiger partial charge in [-0.1, -0.05) is 23.7 Å². The fourth-order valence-electron chi connectivity index (χ4n) is 7.28. The van der Waals surface area contributed by atoms with Gasteiger partial charge in [0.1, 0.15) is 17.3 Å². The Labute approximate surface area is 360 Å². The van der Waals surface area contributed by atoms with E-state index in [0.29, 0.717) is 77.0 Å². The number of phenols is 1. The molecule has 1 fully saturated rings. The highest BCUT2D eigenvalue weighted by molar-refractivity contribution is 6.35. The number of phenolic OH excluding ortho intramolecular Hbond substituents is 1. The molecular weight excluding hydrogens is 828 g/mol. The first kappa shape index (κ1) is 43.7. The van der Waals surface area contributed by atoms with Crippen molar-refractivity contribution in [3.63, 3.8) is 0 Å². The number of pyridine rings is 1. The lowest BCUT2D eigenvalue weighted by Crippen LogP contribution is -2.54. The van der Waals surface area contributed by atoms with Crippen LogP contribution in [0.25, 0.3) is 10.9 Å². The number of benzene rings is 3. The van der Waals surface area contributed by atoms with Crippen LogP contribution in [0, 0.1) is 0 Å². The molecule has 0 spiro atoms. The van der Waals surface area contributed by atoms with Gasteiger partial charge in [-0.25, -0.2) is 0 Å². The molecule has 19 heteroatoms. The highest BCUT2D eigenvalue weighted by Crippen LogP contribution is 2.41. The number of carbonyl (C=O) groups excluding carboxylic acids is 6. The molecule has 6 amide bonds. The lowest BCUT2D eigenvalue weighted by atomic mass is 9.95. The van der Waals surface area contributed by atoms with Gasteiger partial charge in [-0.2, -0.15) is 0 Å². The summed E-state index contributed by atoms with van der Waals surface area (Å²) in [5, 5.41) is 23.3. The van der Waals surface area contributed by atoms with Crippen LogP contribution in [0.2, 0.25) is 5.02 Å². The summed E-state index contributed by atoms with van der Waals surface area (Å²) < 4.78 is 27.6. The molecule has 62 heavy (non-hydrogen) atoms. The molecule has 3 aliphatic rings. The zero-order chi connectivity index (χ0) is 43.6. The minimum Gasteiger partial charge on any atom is -0.505 e. The van der Waals surface area contributed by atoms with E-state index >= 15 is 0 Å². The van der Waals surface area contributed by atoms with Gasteiger partial charge in [-0.05, 0) is 60.9 Å². The van der Waals surface area contributed by atoms with Gasteiger partial charge in [-0.3, -0.25) is 44.0 Å². The van der Waals surface area contributed by atoms with Crippen LogP contribution >= 0.6 is 11.6 Å². The first-order valence-corrected chi connectivity index (χ1v) is 20.5. The molecule has 18 nitrogen and oxygen atoms in total. The molecule has 326 valence electrons. The van der Waals surface area contributed by atoms with Crippen LogP contribution in [0.3, 0.4) is 0 Å². The zero-order valence-corrected chi connectivity index (χ0v) is 34.3. The van der Waals surface area contributed by atoms with Crippen molar-refractivity contribution < 1.29 is 57.6 Å². The van der Waals surface area contributed by atoms with Crippen LogP contribution in [0.5, 0.6) is 17.2 Å². The van der Waals surface area contributed by atoms with Crippen molar-refractivity contribution in [2.75, 3.05) is 64.8 Å². The summed E-state index contributed by atoms with van der Waals surface area (Å²) in [5.74, 6) is -1.83. The Hall–Kier alpha value is -6.34. The van der Waals surface area contributed by atoms with Crippen molar-refractivity contribution in [2.45, 2.75) is 44.2 Å². The van der Waals surface area contributed by atoms with E-state index in [0.717, 1.165) is 4.90 Å². The number of hydrogen-bond donors (Lipinski definition) is 5. The van der Waals surface area contributed by atoms with Gasteiger partial charge in [0.25, 0.3) is 11.8 Å². The summed E-state index contributed by atoms with van der Waals surface area (Å²) in [4.78, 5) is 80.9. The number of carbonyl (C=O) groups is 6. The van der Waals surface area contributed by atoms with E-state index in [9.17, 15) is 33.9 Å². The molecule has 7 rings (SSSR count). The Morgan fingerprint density at radius 3 is 2.47 bits per heavy atom. The second-order valence-electron chi connectivity index (χ2n) is 14.5. The van der Waals surface area contributed by atoms with E-state index in [4.69, 9.17) is 35.3 Å². The molecule has 1 aromatic heterocycles. The number of fused-ring (bicyclic) bond motifs is 3. The van der Waals surface area contributed by atoms with E-state index in [1.54, 1.807) is 54.7 Å². The lowest BCUT2D eigenvalue weighted by molar-refractivity contribution is -0.136. The summed E-state index contributed by atoms with van der Waals surface area (Å²) in [7, 11) is 0. The van der Waals surface area contributed by atoms with Crippen LogP contribution in [0.4, 0.5) is 5.69 Å². The van der Waals surface area contributed by atoms with Gasteiger partial charge >= 0.3 is 0 Å². The summed E-state index contributed by atoms with van der Waals surface area (Å²) >= 11 is 6.58. The number of rotatable bonds is 21. The van der Waals surface area contributed by atoms with E-state index in [1.807, 2.05) is 0 Å². The maximum Gasteiger partial charge on any atom is 0.264 e. The normalized spacial score (nSPS) is 16.0. The van der Waals surface area contributed by atoms with Crippen molar-refractivity contribution in [2.24, 2.45) is 0 Å². The van der Waals surface area contributed by atoms with Crippen molar-refractivity contribution in [3.05, 3.63) is 88.1 Å². The van der Waals surface area contributed by atoms with Crippen LogP contribution in [-0.2, 0) is 33.4 Å². The standard InChI is InChI=1S/C43H45ClN6O12/c44-29-23-28(40(54)39-26(29)5-2-14-47-39)38(25-8-10-32-33(22-25)62-24-61-32)48-35(52)7-3-13-46-34(51)12-16-58-18-20-60-21-19-59-17-15-45-30-6-1-4-27-37(30)43(57)50(42(27)56)31-9-11-36(53)49-41(31)55/h1-2,4-6,8,10,14,22-23,31,38,45,54H,3,7,9,11-13,15-21,24H2,(H,46,51)(H,48,52)(H,49,53,55). The quantitative estimate of drug-likeness (QED) is 0.0597. The zero-order valence-electron chi connectivity index (χ0n) is 33.5. The predicted octanol–water partition coefficient (Wildman–Crippen LogP) is 3.38. The molecule has 1 saturated heterocycles. The molecular formula is C43H45ClN6O12. The van der Waals surface area contributed by atoms with E-state index < -0.39 is 35.7 Å². The molecule has 0 radical (unpaired) electrons. The monoisotopic (exact) mass is 872 g/mol. The molecule has 5 N–H and O–H groups in total. The Kier molecular flexibility index (Phi) is 14.4. The summed E-state index contributed by atoms with van der Waals surface area (Å²) in [5.41, 5.74) is 2.12. The summed E-state index contributed by atoms with van der Waals surface area (Å²) in [6.07, 6.45) is 2.26. The number of ether oxygens (including phenoxy) is 5. The van der Waals surface area contributed by atoms with Gasteiger partial charge < -0.3 is 44.7 Å². The number of nitrogens with zero attached hydrogens (tertiary/aromatic N) is 2. The average molecular weight is 873 g/mol. The number of piperidine rings is 1. The van der Waals surface area contributed by atoms with Gasteiger partial charge in [0.05, 0.1) is 61.8 Å². The molecule has 2 atom stereocenters. The van der Waals surface area contributed by atoms with Gasteiger partial charge in [0, 0.05) is 55.2 Å². The fraction of sp³-hybridized carbons (Fsp3) is 0.372. The topological polar surface area (TPSA) is 233 Å². The lowest BCUT2D eigenvalue weighted by Gasteiger charge is -2.27. The second kappa shape index (κ2) is 20.5. The summed E-state index contributed by atoms with van der Waals surface area (Å²) in [6.45, 7) is 2.32. The fourth-order valence-corrected chi connectivity index (χ4v) is 7.55. The Bertz CT molecular complexity index is 2360. The maximum absolute atomic E-state index is 13.2. The highest BCUT2D eigenvalue weighted by Gasteiger charge is 2.45. The minimum atomic E-state index is -1.04. The third-order valence-electron chi connectivity index (χ3n) is 10.3. The smallest absolute Gasteiger partial charge is 0.264 e. The molecule has 0 bridgehead atoms. The average Bonchev–Trinajstić information content (AvgIpc) is 3.84. The third kappa shape index (κ3) is 10.2. The third-order valence-corrected chi connectivity index (χ3v) is 10.7. The molecule has 4 heterocycles. The van der Waals surface area contributed by atoms with Crippen molar-refractivity contribution in [1.29, 1.82) is 0 Å². The summed E-state index contributed by atoms with van der Waals surface area (Å²) in [6, 6.07) is 13.3. The number of nitrogens with one attached hydrogen (secondary N) is 4.